The summed E-state index contributed by atoms with van der Waals surface area (Å²) < 4.78 is 0. The van der Waals surface area contributed by atoms with Gasteiger partial charge in [-0.3, -0.25) is 11.3 Å². The van der Waals surface area contributed by atoms with E-state index in [1.54, 1.807) is 11.3 Å². The molecule has 2 nitrogen and oxygen atoms in total. The van der Waals surface area contributed by atoms with Gasteiger partial charge < -0.3 is 0 Å². The van der Waals surface area contributed by atoms with Crippen molar-refractivity contribution in [1.29, 1.82) is 0 Å². The first kappa shape index (κ1) is 11.1. The molecule has 2 unspecified atom stereocenters. The maximum Gasteiger partial charge on any atom is 0.0586 e. The van der Waals surface area contributed by atoms with Gasteiger partial charge in [-0.25, -0.2) is 0 Å². The van der Waals surface area contributed by atoms with Crippen LogP contribution in [0.4, 0.5) is 0 Å². The summed E-state index contributed by atoms with van der Waals surface area (Å²) in [5.41, 5.74) is 3.43. The van der Waals surface area contributed by atoms with E-state index in [0.717, 1.165) is 0 Å². The molecule has 1 heterocycles. The molecule has 0 aliphatic heterocycles. The van der Waals surface area contributed by atoms with Crippen molar-refractivity contribution in [3.8, 4) is 0 Å². The molecule has 1 saturated carbocycles. The fourth-order valence-corrected chi connectivity index (χ4v) is 3.69. The van der Waals surface area contributed by atoms with Gasteiger partial charge in [0.15, 0.2) is 0 Å². The van der Waals surface area contributed by atoms with E-state index in [4.69, 9.17) is 5.84 Å². The number of nitrogens with one attached hydrogen (secondary N) is 1. The maximum absolute atomic E-state index is 5.72. The summed E-state index contributed by atoms with van der Waals surface area (Å²) in [4.78, 5) is 1.37. The van der Waals surface area contributed by atoms with Gasteiger partial charge in [0.25, 0.3) is 0 Å². The predicted molar refractivity (Wildman–Crippen MR) is 65.5 cm³/mol. The molecule has 2 rings (SSSR count). The fraction of sp³-hybridized carbons (Fsp3) is 0.667. The molecule has 1 aromatic rings. The number of nitrogens with two attached hydrogens (primary N) is 1. The van der Waals surface area contributed by atoms with Crippen molar-refractivity contribution in [3.63, 3.8) is 0 Å². The van der Waals surface area contributed by atoms with Gasteiger partial charge in [-0.05, 0) is 35.6 Å². The van der Waals surface area contributed by atoms with Crippen molar-refractivity contribution < 1.29 is 0 Å². The van der Waals surface area contributed by atoms with Crippen molar-refractivity contribution in [1.82, 2.24) is 5.43 Å². The molecule has 0 amide bonds. The third-order valence-corrected chi connectivity index (χ3v) is 4.73. The number of rotatable bonds is 3. The molecule has 3 N–H and O–H groups in total. The van der Waals surface area contributed by atoms with E-state index >= 15 is 0 Å². The second-order valence-electron chi connectivity index (χ2n) is 5.15. The summed E-state index contributed by atoms with van der Waals surface area (Å²) >= 11 is 1.80. The molecule has 15 heavy (non-hydrogen) atoms. The number of hydrogen-bond acceptors (Lipinski definition) is 3. The van der Waals surface area contributed by atoms with Gasteiger partial charge in [0.2, 0.25) is 0 Å². The Labute approximate surface area is 95.8 Å². The highest BCUT2D eigenvalue weighted by Crippen LogP contribution is 2.48. The van der Waals surface area contributed by atoms with E-state index in [1.165, 1.54) is 24.1 Å². The van der Waals surface area contributed by atoms with Crippen LogP contribution in [0.3, 0.4) is 0 Å². The van der Waals surface area contributed by atoms with Crippen LogP contribution in [0.5, 0.6) is 0 Å². The Balaban J connectivity index is 2.20. The van der Waals surface area contributed by atoms with E-state index in [9.17, 15) is 0 Å². The van der Waals surface area contributed by atoms with Gasteiger partial charge in [-0.15, -0.1) is 11.3 Å². The van der Waals surface area contributed by atoms with Crippen LogP contribution in [0.25, 0.3) is 0 Å². The molecule has 0 bridgehead atoms. The SMILES string of the molecule is CC1(C)CCCC1C(NN)c1cccs1. The zero-order chi connectivity index (χ0) is 10.9. The van der Waals surface area contributed by atoms with Crippen molar-refractivity contribution >= 4 is 11.3 Å². The molecule has 1 fully saturated rings. The first-order valence-electron chi connectivity index (χ1n) is 5.65. The Morgan fingerprint density at radius 2 is 2.40 bits per heavy atom. The third-order valence-electron chi connectivity index (χ3n) is 3.77. The second-order valence-corrected chi connectivity index (χ2v) is 6.13. The second kappa shape index (κ2) is 4.24. The molecule has 3 heteroatoms. The normalized spacial score (nSPS) is 26.7. The Hall–Kier alpha value is -0.380. The number of hydrazine groups is 1. The Bertz CT molecular complexity index is 305. The van der Waals surface area contributed by atoms with Crippen molar-refractivity contribution in [3.05, 3.63) is 22.4 Å². The van der Waals surface area contributed by atoms with Gasteiger partial charge in [0, 0.05) is 4.88 Å². The molecule has 1 aliphatic rings. The summed E-state index contributed by atoms with van der Waals surface area (Å²) in [6.07, 6.45) is 3.95. The Morgan fingerprint density at radius 1 is 1.60 bits per heavy atom. The van der Waals surface area contributed by atoms with E-state index in [1.807, 2.05) is 0 Å². The van der Waals surface area contributed by atoms with Crippen LogP contribution in [0, 0.1) is 11.3 Å². The van der Waals surface area contributed by atoms with E-state index in [0.29, 0.717) is 17.4 Å². The molecular weight excluding hydrogens is 204 g/mol. The lowest BCUT2D eigenvalue weighted by Crippen LogP contribution is -2.37. The van der Waals surface area contributed by atoms with Crippen LogP contribution in [0.15, 0.2) is 17.5 Å². The largest absolute Gasteiger partial charge is 0.271 e. The first-order valence-corrected chi connectivity index (χ1v) is 6.52. The summed E-state index contributed by atoms with van der Waals surface area (Å²) in [5.74, 6) is 6.39. The molecule has 1 aliphatic carbocycles. The van der Waals surface area contributed by atoms with Crippen LogP contribution >= 0.6 is 11.3 Å². The summed E-state index contributed by atoms with van der Waals surface area (Å²) in [5, 5.41) is 2.13. The van der Waals surface area contributed by atoms with Gasteiger partial charge in [0.05, 0.1) is 6.04 Å². The standard InChI is InChI=1S/C12H20N2S/c1-12(2)7-3-5-9(12)11(14-13)10-6-4-8-15-10/h4,6,8-9,11,14H,3,5,7,13H2,1-2H3. The Kier molecular flexibility index (Phi) is 3.14. The molecule has 0 spiro atoms. The van der Waals surface area contributed by atoms with Crippen molar-refractivity contribution in [2.75, 3.05) is 0 Å². The predicted octanol–water partition coefficient (Wildman–Crippen LogP) is 3.08. The van der Waals surface area contributed by atoms with Crippen LogP contribution in [-0.4, -0.2) is 0 Å². The van der Waals surface area contributed by atoms with Crippen LogP contribution in [-0.2, 0) is 0 Å². The number of hydrogen-bond donors (Lipinski definition) is 2. The highest BCUT2D eigenvalue weighted by molar-refractivity contribution is 7.10. The minimum Gasteiger partial charge on any atom is -0.271 e. The maximum atomic E-state index is 5.72. The zero-order valence-electron chi connectivity index (χ0n) is 9.49. The lowest BCUT2D eigenvalue weighted by atomic mass is 9.77. The molecular formula is C12H20N2S. The molecule has 1 aromatic heterocycles. The number of thiophene rings is 1. The van der Waals surface area contributed by atoms with E-state index in [-0.39, 0.29) is 0 Å². The summed E-state index contributed by atoms with van der Waals surface area (Å²) in [7, 11) is 0. The molecule has 0 saturated heterocycles. The van der Waals surface area contributed by atoms with Gasteiger partial charge in [-0.2, -0.15) is 0 Å². The minimum atomic E-state index is 0.336. The zero-order valence-corrected chi connectivity index (χ0v) is 10.3. The van der Waals surface area contributed by atoms with E-state index in [2.05, 4.69) is 36.8 Å². The average Bonchev–Trinajstić information content (AvgIpc) is 2.78. The first-order chi connectivity index (χ1) is 7.15. The van der Waals surface area contributed by atoms with Gasteiger partial charge >= 0.3 is 0 Å². The quantitative estimate of drug-likeness (QED) is 0.611. The minimum absolute atomic E-state index is 0.336. The molecule has 84 valence electrons. The summed E-state index contributed by atoms with van der Waals surface area (Å²) in [6, 6.07) is 4.62. The Morgan fingerprint density at radius 3 is 2.87 bits per heavy atom. The smallest absolute Gasteiger partial charge is 0.0586 e. The van der Waals surface area contributed by atoms with Crippen molar-refractivity contribution in [2.45, 2.75) is 39.2 Å². The monoisotopic (exact) mass is 224 g/mol. The lowest BCUT2D eigenvalue weighted by Gasteiger charge is -2.33. The van der Waals surface area contributed by atoms with Crippen LogP contribution in [0.1, 0.15) is 44.0 Å². The van der Waals surface area contributed by atoms with Gasteiger partial charge in [-0.1, -0.05) is 26.3 Å². The van der Waals surface area contributed by atoms with Crippen LogP contribution < -0.4 is 11.3 Å². The van der Waals surface area contributed by atoms with Crippen molar-refractivity contribution in [2.24, 2.45) is 17.2 Å². The topological polar surface area (TPSA) is 38.0 Å². The third kappa shape index (κ3) is 2.10. The molecule has 0 radical (unpaired) electrons. The highest BCUT2D eigenvalue weighted by Gasteiger charge is 2.39. The van der Waals surface area contributed by atoms with Gasteiger partial charge in [0.1, 0.15) is 0 Å². The highest BCUT2D eigenvalue weighted by atomic mass is 32.1. The molecule has 0 aromatic carbocycles. The molecule has 2 atom stereocenters. The van der Waals surface area contributed by atoms with E-state index < -0.39 is 0 Å². The van der Waals surface area contributed by atoms with Crippen LogP contribution in [0.2, 0.25) is 0 Å². The lowest BCUT2D eigenvalue weighted by molar-refractivity contribution is 0.200. The average molecular weight is 224 g/mol. The fourth-order valence-electron chi connectivity index (χ4n) is 2.84. The summed E-state index contributed by atoms with van der Waals surface area (Å²) in [6.45, 7) is 4.73.